The van der Waals surface area contributed by atoms with Crippen molar-refractivity contribution in [3.8, 4) is 11.3 Å². The molecule has 90 valence electrons. The summed E-state index contributed by atoms with van der Waals surface area (Å²) in [7, 11) is 0. The van der Waals surface area contributed by atoms with Crippen LogP contribution in [0.5, 0.6) is 0 Å². The molecule has 2 aromatic rings. The fourth-order valence-electron chi connectivity index (χ4n) is 1.44. The average Bonchev–Trinajstić information content (AvgIpc) is 2.74. The minimum Gasteiger partial charge on any atom is -0.368 e. The monoisotopic (exact) mass is 239 g/mol. The number of nitrogens with two attached hydrogens (primary N) is 1. The maximum Gasteiger partial charge on any atom is 0.267 e. The van der Waals surface area contributed by atoms with Gasteiger partial charge in [-0.25, -0.2) is 18.7 Å². The van der Waals surface area contributed by atoms with Gasteiger partial charge in [-0.2, -0.15) is 5.10 Å². The van der Waals surface area contributed by atoms with E-state index in [0.29, 0.717) is 12.1 Å². The lowest BCUT2D eigenvalue weighted by molar-refractivity contribution is 0.152. The first kappa shape index (κ1) is 11.4. The Hall–Kier alpha value is -2.05. The molecule has 0 fully saturated rings. The van der Waals surface area contributed by atoms with Gasteiger partial charge in [-0.15, -0.1) is 0 Å². The van der Waals surface area contributed by atoms with E-state index in [1.165, 1.54) is 23.3 Å². The van der Waals surface area contributed by atoms with Crippen molar-refractivity contribution in [1.29, 1.82) is 0 Å². The van der Waals surface area contributed by atoms with E-state index in [-0.39, 0.29) is 17.2 Å². The summed E-state index contributed by atoms with van der Waals surface area (Å²) in [6, 6.07) is 0. The number of hydrogen-bond acceptors (Lipinski definition) is 4. The number of hydrogen-bond donors (Lipinski definition) is 1. The molecule has 0 amide bonds. The Labute approximate surface area is 96.3 Å². The summed E-state index contributed by atoms with van der Waals surface area (Å²) < 4.78 is 27.1. The van der Waals surface area contributed by atoms with Gasteiger partial charge in [-0.3, -0.25) is 4.68 Å². The number of aromatic nitrogens is 4. The van der Waals surface area contributed by atoms with Crippen LogP contribution in [0.1, 0.15) is 18.9 Å². The lowest BCUT2D eigenvalue weighted by Gasteiger charge is -2.00. The second-order valence-electron chi connectivity index (χ2n) is 3.42. The molecule has 0 aliphatic rings. The van der Waals surface area contributed by atoms with Crippen LogP contribution in [-0.2, 0) is 6.54 Å². The van der Waals surface area contributed by atoms with Crippen molar-refractivity contribution >= 4 is 5.95 Å². The van der Waals surface area contributed by atoms with E-state index in [4.69, 9.17) is 5.73 Å². The van der Waals surface area contributed by atoms with Crippen LogP contribution in [0.4, 0.5) is 14.7 Å². The largest absolute Gasteiger partial charge is 0.368 e. The summed E-state index contributed by atoms with van der Waals surface area (Å²) in [5.41, 5.74) is 5.84. The van der Waals surface area contributed by atoms with Gasteiger partial charge in [0.25, 0.3) is 6.43 Å². The quantitative estimate of drug-likeness (QED) is 0.887. The fourth-order valence-corrected chi connectivity index (χ4v) is 1.44. The van der Waals surface area contributed by atoms with Crippen molar-refractivity contribution < 1.29 is 8.78 Å². The third kappa shape index (κ3) is 2.22. The third-order valence-electron chi connectivity index (χ3n) is 2.29. The molecule has 0 bridgehead atoms. The first-order valence-corrected chi connectivity index (χ1v) is 5.05. The van der Waals surface area contributed by atoms with Crippen LogP contribution < -0.4 is 5.73 Å². The van der Waals surface area contributed by atoms with Crippen LogP contribution in [0.15, 0.2) is 18.6 Å². The molecule has 0 aliphatic heterocycles. The minimum absolute atomic E-state index is 0.0993. The Balaban J connectivity index is 2.49. The zero-order valence-corrected chi connectivity index (χ0v) is 9.14. The molecule has 0 saturated heterocycles. The standard InChI is InChI=1S/C10H11F2N5/c1-2-17-5-7(9(11)12)8(16-17)6-3-14-10(13)15-4-6/h3-5,9H,2H2,1H3,(H2,13,14,15). The number of nitrogens with zero attached hydrogens (tertiary/aromatic N) is 4. The second kappa shape index (κ2) is 4.44. The highest BCUT2D eigenvalue weighted by Crippen LogP contribution is 2.29. The van der Waals surface area contributed by atoms with Gasteiger partial charge in [-0.1, -0.05) is 0 Å². The van der Waals surface area contributed by atoms with Gasteiger partial charge in [0.2, 0.25) is 5.95 Å². The zero-order chi connectivity index (χ0) is 12.4. The normalized spacial score (nSPS) is 11.1. The van der Waals surface area contributed by atoms with Gasteiger partial charge < -0.3 is 5.73 Å². The molecule has 0 radical (unpaired) electrons. The molecule has 0 aromatic carbocycles. The van der Waals surface area contributed by atoms with Gasteiger partial charge in [0.1, 0.15) is 5.69 Å². The third-order valence-corrected chi connectivity index (χ3v) is 2.29. The molecule has 2 aromatic heterocycles. The van der Waals surface area contributed by atoms with E-state index >= 15 is 0 Å². The number of nitrogen functional groups attached to an aromatic ring is 1. The summed E-state index contributed by atoms with van der Waals surface area (Å²) in [6.45, 7) is 2.35. The molecule has 2 rings (SSSR count). The smallest absolute Gasteiger partial charge is 0.267 e. The first-order valence-electron chi connectivity index (χ1n) is 5.05. The Kier molecular flexibility index (Phi) is 2.99. The summed E-state index contributed by atoms with van der Waals surface area (Å²) in [4.78, 5) is 7.53. The molecule has 2 N–H and O–H groups in total. The second-order valence-corrected chi connectivity index (χ2v) is 3.42. The summed E-state index contributed by atoms with van der Waals surface area (Å²) in [5.74, 6) is 0.0993. The number of rotatable bonds is 3. The van der Waals surface area contributed by atoms with Crippen LogP contribution in [0, 0.1) is 0 Å². The van der Waals surface area contributed by atoms with Crippen molar-refractivity contribution in [2.75, 3.05) is 5.73 Å². The molecule has 5 nitrogen and oxygen atoms in total. The lowest BCUT2D eigenvalue weighted by atomic mass is 10.1. The van der Waals surface area contributed by atoms with Crippen LogP contribution in [0.25, 0.3) is 11.3 Å². The van der Waals surface area contributed by atoms with Gasteiger partial charge in [0.05, 0.1) is 5.56 Å². The van der Waals surface area contributed by atoms with Gasteiger partial charge >= 0.3 is 0 Å². The Morgan fingerprint density at radius 1 is 1.35 bits per heavy atom. The van der Waals surface area contributed by atoms with Gasteiger partial charge in [0.15, 0.2) is 0 Å². The molecule has 17 heavy (non-hydrogen) atoms. The molecule has 0 aliphatic carbocycles. The summed E-state index contributed by atoms with van der Waals surface area (Å²) in [6.07, 6.45) is 1.52. The van der Waals surface area contributed by atoms with Crippen LogP contribution in [0.2, 0.25) is 0 Å². The molecular weight excluding hydrogens is 228 g/mol. The SMILES string of the molecule is CCn1cc(C(F)F)c(-c2cnc(N)nc2)n1. The van der Waals surface area contributed by atoms with Crippen molar-refractivity contribution in [2.45, 2.75) is 19.9 Å². The van der Waals surface area contributed by atoms with Crippen molar-refractivity contribution in [3.05, 3.63) is 24.2 Å². The van der Waals surface area contributed by atoms with Crippen LogP contribution in [0.3, 0.4) is 0 Å². The maximum absolute atomic E-state index is 12.8. The molecule has 2 heterocycles. The Bertz CT molecular complexity index is 506. The predicted octanol–water partition coefficient (Wildman–Crippen LogP) is 1.88. The van der Waals surface area contributed by atoms with Crippen molar-refractivity contribution in [2.24, 2.45) is 0 Å². The van der Waals surface area contributed by atoms with Gasteiger partial charge in [-0.05, 0) is 6.92 Å². The highest BCUT2D eigenvalue weighted by Gasteiger charge is 2.19. The van der Waals surface area contributed by atoms with E-state index in [9.17, 15) is 8.78 Å². The molecule has 0 atom stereocenters. The molecule has 0 saturated carbocycles. The van der Waals surface area contributed by atoms with Crippen LogP contribution in [-0.4, -0.2) is 19.7 Å². The maximum atomic E-state index is 12.8. The Morgan fingerprint density at radius 3 is 2.53 bits per heavy atom. The molecule has 0 unspecified atom stereocenters. The van der Waals surface area contributed by atoms with E-state index in [1.54, 1.807) is 0 Å². The average molecular weight is 239 g/mol. The van der Waals surface area contributed by atoms with Crippen molar-refractivity contribution in [1.82, 2.24) is 19.7 Å². The molecule has 7 heteroatoms. The van der Waals surface area contributed by atoms with Crippen molar-refractivity contribution in [3.63, 3.8) is 0 Å². The van der Waals surface area contributed by atoms with Crippen LogP contribution >= 0.6 is 0 Å². The Morgan fingerprint density at radius 2 is 2.00 bits per heavy atom. The first-order chi connectivity index (χ1) is 8.11. The molecular formula is C10H11F2N5. The number of aryl methyl sites for hydroxylation is 1. The summed E-state index contributed by atoms with van der Waals surface area (Å²) in [5, 5.41) is 4.07. The topological polar surface area (TPSA) is 69.6 Å². The van der Waals surface area contributed by atoms with E-state index < -0.39 is 6.43 Å². The number of halogens is 2. The predicted molar refractivity (Wildman–Crippen MR) is 58.3 cm³/mol. The van der Waals surface area contributed by atoms with Gasteiger partial charge in [0, 0.05) is 30.7 Å². The van der Waals surface area contributed by atoms with E-state index in [2.05, 4.69) is 15.1 Å². The van der Waals surface area contributed by atoms with E-state index in [0.717, 1.165) is 0 Å². The molecule has 0 spiro atoms. The number of alkyl halides is 2. The fraction of sp³-hybridized carbons (Fsp3) is 0.300. The lowest BCUT2D eigenvalue weighted by Crippen LogP contribution is -1.96. The van der Waals surface area contributed by atoms with E-state index in [1.807, 2.05) is 6.92 Å². The highest BCUT2D eigenvalue weighted by molar-refractivity contribution is 5.61. The zero-order valence-electron chi connectivity index (χ0n) is 9.14. The highest BCUT2D eigenvalue weighted by atomic mass is 19.3. The minimum atomic E-state index is -2.58. The summed E-state index contributed by atoms with van der Waals surface area (Å²) >= 11 is 0. The number of anilines is 1.